The molecule has 7 saturated heterocycles. The van der Waals surface area contributed by atoms with Crippen molar-refractivity contribution in [2.24, 2.45) is 0 Å². The summed E-state index contributed by atoms with van der Waals surface area (Å²) in [5.74, 6) is 0. The van der Waals surface area contributed by atoms with Gasteiger partial charge in [0.15, 0.2) is 44.0 Å². The third-order valence-corrected chi connectivity index (χ3v) is 14.7. The lowest BCUT2D eigenvalue weighted by molar-refractivity contribution is -0.398. The summed E-state index contributed by atoms with van der Waals surface area (Å²) >= 11 is 0. The molecule has 7 fully saturated rings. The molecule has 0 aliphatic carbocycles. The van der Waals surface area contributed by atoms with Gasteiger partial charge < -0.3 is 179 Å². The van der Waals surface area contributed by atoms with Gasteiger partial charge >= 0.3 is 0 Å². The Morgan fingerprint density at radius 3 is 0.747 bits per heavy atom. The summed E-state index contributed by atoms with van der Waals surface area (Å²) in [6.07, 6.45) is -68.8. The molecular weight excluding hydrogens is 1090 g/mol. The lowest BCUT2D eigenvalue weighted by Gasteiger charge is -2.50. The maximum Gasteiger partial charge on any atom is 0.187 e. The second-order valence-corrected chi connectivity index (χ2v) is 19.9. The smallest absolute Gasteiger partial charge is 0.187 e. The van der Waals surface area contributed by atoms with Crippen molar-refractivity contribution < 1.29 is 179 Å². The predicted molar refractivity (Wildman–Crippen MR) is 237 cm³/mol. The molecule has 0 radical (unpaired) electrons. The van der Waals surface area contributed by atoms with Gasteiger partial charge in [-0.25, -0.2) is 0 Å². The van der Waals surface area contributed by atoms with Crippen LogP contribution in [-0.4, -0.2) is 381 Å². The van der Waals surface area contributed by atoms with Gasteiger partial charge in [0.1, 0.15) is 171 Å². The zero-order chi connectivity index (χ0) is 58.1. The van der Waals surface area contributed by atoms with E-state index < -0.39 is 261 Å². The van der Waals surface area contributed by atoms with Crippen LogP contribution < -0.4 is 0 Å². The van der Waals surface area contributed by atoms with Crippen LogP contribution in [0.3, 0.4) is 0 Å². The molecule has 36 heteroatoms. The SMILES string of the molecule is COC1OC(CO)[C@@H](O)[C@H](O[C@H]2OC(CO[C@@H]3OC(CO)[C@@H](O)[C@H](O)C3O)[C@@H](O)[C@H](O[C@@H]3OC(CO)[C@@H](O)[C@H](O[C@H]4OC(CO[C@@H]5OC(CO)[C@@H](O)[C@H](O)C5O)[C@@H](O)[C@H](O[C@@H]5OC(CO)[C@@H](O)[C@H](O)C5O)C4O)C3O)C2O)C1O. The van der Waals surface area contributed by atoms with Gasteiger partial charge in [0, 0.05) is 7.11 Å². The van der Waals surface area contributed by atoms with Crippen LogP contribution in [0, 0.1) is 0 Å². The van der Waals surface area contributed by atoms with Crippen molar-refractivity contribution in [3.8, 4) is 0 Å². The molecule has 0 aromatic heterocycles. The lowest BCUT2D eigenvalue weighted by atomic mass is 9.95. The van der Waals surface area contributed by atoms with Gasteiger partial charge in [-0.1, -0.05) is 0 Å². The fourth-order valence-corrected chi connectivity index (χ4v) is 9.95. The summed E-state index contributed by atoms with van der Waals surface area (Å²) in [7, 11) is 1.10. The van der Waals surface area contributed by atoms with E-state index in [1.807, 2.05) is 0 Å². The van der Waals surface area contributed by atoms with Crippen molar-refractivity contribution in [3.05, 3.63) is 0 Å². The van der Waals surface area contributed by atoms with E-state index in [-0.39, 0.29) is 0 Å². The lowest BCUT2D eigenvalue weighted by Crippen LogP contribution is -2.68. The zero-order valence-corrected chi connectivity index (χ0v) is 41.7. The first kappa shape index (κ1) is 65.1. The van der Waals surface area contributed by atoms with Crippen molar-refractivity contribution in [2.45, 2.75) is 215 Å². The fourth-order valence-electron chi connectivity index (χ4n) is 9.95. The van der Waals surface area contributed by atoms with Crippen molar-refractivity contribution in [1.82, 2.24) is 0 Å². The molecule has 7 aliphatic rings. The zero-order valence-electron chi connectivity index (χ0n) is 41.7. The number of rotatable bonds is 20. The average molecular weight is 1170 g/mol. The van der Waals surface area contributed by atoms with E-state index in [0.29, 0.717) is 0 Å². The third-order valence-electron chi connectivity index (χ3n) is 14.7. The van der Waals surface area contributed by atoms with Gasteiger partial charge in [-0.15, -0.1) is 0 Å². The Balaban J connectivity index is 1.15. The normalized spacial score (nSPS) is 53.0. The monoisotopic (exact) mass is 1170 g/mol. The summed E-state index contributed by atoms with van der Waals surface area (Å²) in [5, 5.41) is 236. The molecule has 0 spiro atoms. The van der Waals surface area contributed by atoms with Crippen LogP contribution in [0.1, 0.15) is 0 Å². The summed E-state index contributed by atoms with van der Waals surface area (Å²) in [4.78, 5) is 0. The molecule has 7 rings (SSSR count). The molecule has 0 saturated carbocycles. The second-order valence-electron chi connectivity index (χ2n) is 19.9. The van der Waals surface area contributed by atoms with E-state index in [1.54, 1.807) is 0 Å². The molecule has 7 heterocycles. The van der Waals surface area contributed by atoms with E-state index >= 15 is 0 Å². The standard InChI is InChI=1S/C43H74O36/c1-66-37-29(62)33(19(52)12(5-47)69-37)77-42-32(65)36(22(55)15(74-42)8-68-39-27(60)24(57)17(50)10(3-45)71-39)79-41-30(63)34(20(53)13(6-48)73-41)78-43-31(64)35(76-40-28(61)25(58)18(51)11(4-46)72-40)21(54)14(75-43)7-67-38-26(59)23(56)16(49)9(2-44)70-38/h9-65H,2-8H2,1H3/t9?,10?,11?,12?,13?,14?,15?,16-,17-,18-,19-,20-,21-,22-,23+,24+,25+,26?,27?,28?,29?,30?,31?,32?,33+,34+,35+,36+,37?,38-,39-,40+,41+,42-,43-/m1/s1. The Morgan fingerprint density at radius 2 is 0.456 bits per heavy atom. The molecule has 79 heavy (non-hydrogen) atoms. The van der Waals surface area contributed by atoms with E-state index in [1.165, 1.54) is 0 Å². The predicted octanol–water partition coefficient (Wildman–Crippen LogP) is -15.6. The number of aliphatic hydroxyl groups excluding tert-OH is 22. The maximum atomic E-state index is 11.9. The molecule has 35 atom stereocenters. The molecule has 7 aliphatic heterocycles. The van der Waals surface area contributed by atoms with E-state index in [0.717, 1.165) is 7.11 Å². The van der Waals surface area contributed by atoms with E-state index in [4.69, 9.17) is 66.3 Å². The quantitative estimate of drug-likeness (QED) is 0.0538. The van der Waals surface area contributed by atoms with Crippen molar-refractivity contribution >= 4 is 0 Å². The van der Waals surface area contributed by atoms with Gasteiger partial charge in [0.25, 0.3) is 0 Å². The van der Waals surface area contributed by atoms with Crippen LogP contribution in [0.4, 0.5) is 0 Å². The Labute approximate surface area is 446 Å². The van der Waals surface area contributed by atoms with Gasteiger partial charge in [-0.05, 0) is 0 Å². The molecule has 22 N–H and O–H groups in total. The Bertz CT molecular complexity index is 1810. The highest BCUT2D eigenvalue weighted by atomic mass is 16.8. The van der Waals surface area contributed by atoms with Crippen LogP contribution in [0.2, 0.25) is 0 Å². The maximum absolute atomic E-state index is 11.9. The molecule has 0 bridgehead atoms. The van der Waals surface area contributed by atoms with Crippen LogP contribution >= 0.6 is 0 Å². The van der Waals surface area contributed by atoms with E-state index in [9.17, 15) is 112 Å². The molecule has 0 amide bonds. The highest BCUT2D eigenvalue weighted by Crippen LogP contribution is 2.37. The number of ether oxygens (including phenoxy) is 14. The molecule has 462 valence electrons. The molecule has 15 unspecified atom stereocenters. The highest BCUT2D eigenvalue weighted by molar-refractivity contribution is 5.00. The van der Waals surface area contributed by atoms with Crippen LogP contribution in [0.15, 0.2) is 0 Å². The van der Waals surface area contributed by atoms with Gasteiger partial charge in [0.05, 0.1) is 46.2 Å². The van der Waals surface area contributed by atoms with Gasteiger partial charge in [-0.2, -0.15) is 0 Å². The summed E-state index contributed by atoms with van der Waals surface area (Å²) in [6.45, 7) is -6.53. The van der Waals surface area contributed by atoms with Crippen LogP contribution in [0.5, 0.6) is 0 Å². The number of hydrogen-bond acceptors (Lipinski definition) is 36. The summed E-state index contributed by atoms with van der Waals surface area (Å²) in [6, 6.07) is 0. The molecule has 0 aromatic carbocycles. The second kappa shape index (κ2) is 28.2. The topological polar surface area (TPSA) is 574 Å². The van der Waals surface area contributed by atoms with Crippen molar-refractivity contribution in [1.29, 1.82) is 0 Å². The van der Waals surface area contributed by atoms with E-state index in [2.05, 4.69) is 0 Å². The average Bonchev–Trinajstić information content (AvgIpc) is 3.46. The Kier molecular flexibility index (Phi) is 23.2. The summed E-state index contributed by atoms with van der Waals surface area (Å²) < 4.78 is 78.4. The molecular formula is C43H74O36. The third kappa shape index (κ3) is 13.7. The largest absolute Gasteiger partial charge is 0.394 e. The van der Waals surface area contributed by atoms with Crippen LogP contribution in [-0.2, 0) is 66.3 Å². The van der Waals surface area contributed by atoms with Crippen molar-refractivity contribution in [2.75, 3.05) is 53.4 Å². The first-order chi connectivity index (χ1) is 37.5. The number of hydrogen-bond donors (Lipinski definition) is 22. The first-order valence-electron chi connectivity index (χ1n) is 25.0. The number of methoxy groups -OCH3 is 1. The molecule has 0 aromatic rings. The highest BCUT2D eigenvalue weighted by Gasteiger charge is 2.58. The first-order valence-corrected chi connectivity index (χ1v) is 25.0. The summed E-state index contributed by atoms with van der Waals surface area (Å²) in [5.41, 5.74) is 0. The Hall–Kier alpha value is -1.44. The van der Waals surface area contributed by atoms with Gasteiger partial charge in [0.2, 0.25) is 0 Å². The van der Waals surface area contributed by atoms with Gasteiger partial charge in [-0.3, -0.25) is 0 Å². The molecule has 36 nitrogen and oxygen atoms in total. The Morgan fingerprint density at radius 1 is 0.241 bits per heavy atom. The van der Waals surface area contributed by atoms with Crippen molar-refractivity contribution in [3.63, 3.8) is 0 Å². The minimum absolute atomic E-state index is 0.855. The fraction of sp³-hybridized carbons (Fsp3) is 1.00. The number of aliphatic hydroxyl groups is 22. The minimum atomic E-state index is -2.38. The van der Waals surface area contributed by atoms with Crippen LogP contribution in [0.25, 0.3) is 0 Å². The minimum Gasteiger partial charge on any atom is -0.394 e.